The van der Waals surface area contributed by atoms with E-state index < -0.39 is 29.6 Å². The van der Waals surface area contributed by atoms with Crippen molar-refractivity contribution in [1.82, 2.24) is 10.2 Å². The summed E-state index contributed by atoms with van der Waals surface area (Å²) in [6.07, 6.45) is 10.4. The predicted octanol–water partition coefficient (Wildman–Crippen LogP) is 3.15. The maximum atomic E-state index is 13.7. The minimum absolute atomic E-state index is 0.0609. The molecule has 2 N–H and O–H groups in total. The summed E-state index contributed by atoms with van der Waals surface area (Å²) in [5.74, 6) is -1.82. The number of benzene rings is 1. The number of nitrogens with zero attached hydrogens (tertiary/aromatic N) is 1. The van der Waals surface area contributed by atoms with E-state index in [1.54, 1.807) is 4.90 Å². The van der Waals surface area contributed by atoms with Gasteiger partial charge in [0.15, 0.2) is 0 Å². The van der Waals surface area contributed by atoms with Crippen molar-refractivity contribution in [2.75, 3.05) is 5.32 Å². The van der Waals surface area contributed by atoms with Gasteiger partial charge in [-0.25, -0.2) is 0 Å². The van der Waals surface area contributed by atoms with Gasteiger partial charge in [0.1, 0.15) is 11.6 Å². The molecule has 5 aliphatic rings. The highest BCUT2D eigenvalue weighted by Crippen LogP contribution is 2.57. The van der Waals surface area contributed by atoms with Crippen LogP contribution in [-0.2, 0) is 19.1 Å². The number of amides is 3. The first-order chi connectivity index (χ1) is 16.0. The Kier molecular flexibility index (Phi) is 5.14. The zero-order valence-corrected chi connectivity index (χ0v) is 19.9. The van der Waals surface area contributed by atoms with Crippen molar-refractivity contribution < 1.29 is 19.1 Å². The average Bonchev–Trinajstić information content (AvgIpc) is 3.40. The summed E-state index contributed by atoms with van der Waals surface area (Å²) in [4.78, 5) is 42.4. The lowest BCUT2D eigenvalue weighted by Crippen LogP contribution is -2.57. The fraction of sp³-hybridized carbons (Fsp3) is 0.560. The predicted molar refractivity (Wildman–Crippen MR) is 125 cm³/mol. The van der Waals surface area contributed by atoms with Crippen molar-refractivity contribution in [2.45, 2.75) is 74.8 Å². The van der Waals surface area contributed by atoms with Gasteiger partial charge in [-0.3, -0.25) is 14.4 Å². The second-order valence-electron chi connectivity index (χ2n) is 10.0. The van der Waals surface area contributed by atoms with Crippen molar-refractivity contribution in [2.24, 2.45) is 11.8 Å². The number of hydrogen-bond acceptors (Lipinski definition) is 4. The van der Waals surface area contributed by atoms with Crippen molar-refractivity contribution in [3.63, 3.8) is 0 Å². The van der Waals surface area contributed by atoms with Gasteiger partial charge in [-0.1, -0.05) is 47.3 Å². The van der Waals surface area contributed by atoms with E-state index >= 15 is 0 Å². The molecule has 3 heterocycles. The maximum absolute atomic E-state index is 13.7. The van der Waals surface area contributed by atoms with Crippen LogP contribution in [0, 0.1) is 11.8 Å². The molecule has 2 saturated heterocycles. The molecule has 2 bridgehead atoms. The molecule has 0 radical (unpaired) electrons. The molecule has 3 amide bonds. The van der Waals surface area contributed by atoms with E-state index in [9.17, 15) is 14.4 Å². The Labute approximate surface area is 201 Å². The number of ether oxygens (including phenoxy) is 1. The van der Waals surface area contributed by atoms with E-state index in [4.69, 9.17) is 4.74 Å². The molecule has 2 aliphatic carbocycles. The molecule has 5 atom stereocenters. The minimum atomic E-state index is -1.06. The van der Waals surface area contributed by atoms with Gasteiger partial charge in [0.2, 0.25) is 17.7 Å². The first-order valence-corrected chi connectivity index (χ1v) is 12.8. The largest absolute Gasteiger partial charge is 0.359 e. The Bertz CT molecular complexity index is 1020. The topological polar surface area (TPSA) is 87.7 Å². The lowest BCUT2D eigenvalue weighted by atomic mass is 9.74. The van der Waals surface area contributed by atoms with Crippen molar-refractivity contribution in [3.8, 4) is 0 Å². The van der Waals surface area contributed by atoms with Crippen LogP contribution in [0.5, 0.6) is 0 Å². The van der Waals surface area contributed by atoms with Gasteiger partial charge < -0.3 is 20.3 Å². The van der Waals surface area contributed by atoms with Crippen LogP contribution in [0.3, 0.4) is 0 Å². The molecule has 1 spiro atoms. The number of halogens is 1. The molecule has 8 heteroatoms. The summed E-state index contributed by atoms with van der Waals surface area (Å²) in [5, 5.41) is 6.17. The lowest BCUT2D eigenvalue weighted by molar-refractivity contribution is -0.142. The molecule has 1 aromatic rings. The molecule has 2 saturated carbocycles. The van der Waals surface area contributed by atoms with Gasteiger partial charge in [0, 0.05) is 22.2 Å². The molecule has 174 valence electrons. The highest BCUT2D eigenvalue weighted by Gasteiger charge is 2.74. The Morgan fingerprint density at radius 3 is 2.45 bits per heavy atom. The van der Waals surface area contributed by atoms with Crippen molar-refractivity contribution >= 4 is 39.3 Å². The summed E-state index contributed by atoms with van der Waals surface area (Å²) in [5.41, 5.74) is -0.398. The zero-order chi connectivity index (χ0) is 22.7. The van der Waals surface area contributed by atoms with E-state index in [-0.39, 0.29) is 29.8 Å². The number of fused-ring (bicyclic) bond motifs is 1. The monoisotopic (exact) mass is 513 g/mol. The molecule has 4 fully saturated rings. The SMILES string of the molecule is O=C(Nc1ccc(Br)cc1)[C@@H]1[C@H]2C=C[C@@]3(O2)[C@H]1C(=O)N(C1CC1)[C@@H]3C(=O)NC1CCCCC1. The standard InChI is InChI=1S/C25H28BrN3O4/c26-14-6-8-16(9-7-14)27-22(30)19-18-12-13-25(33-18)20(19)24(32)29(17-10-11-17)21(25)23(31)28-15-4-2-1-3-5-15/h6-9,12-13,15,17-21H,1-5,10-11H2,(H,27,30)(H,28,31)/t18-,19-,20-,21-,25-/m1/s1. The van der Waals surface area contributed by atoms with Gasteiger partial charge >= 0.3 is 0 Å². The van der Waals surface area contributed by atoms with E-state index in [0.717, 1.165) is 43.0 Å². The Balaban J connectivity index is 1.29. The third-order valence-corrected chi connectivity index (χ3v) is 8.40. The number of anilines is 1. The normalized spacial score (nSPS) is 35.1. The van der Waals surface area contributed by atoms with Gasteiger partial charge in [0.05, 0.1) is 17.9 Å². The molecule has 0 aromatic heterocycles. The van der Waals surface area contributed by atoms with Gasteiger partial charge in [-0.2, -0.15) is 0 Å². The van der Waals surface area contributed by atoms with E-state index in [2.05, 4.69) is 26.6 Å². The average molecular weight is 514 g/mol. The summed E-state index contributed by atoms with van der Waals surface area (Å²) in [7, 11) is 0. The number of carbonyl (C=O) groups is 3. The van der Waals surface area contributed by atoms with Crippen LogP contribution >= 0.6 is 15.9 Å². The quantitative estimate of drug-likeness (QED) is 0.592. The Hall–Kier alpha value is -2.19. The van der Waals surface area contributed by atoms with Gasteiger partial charge in [-0.15, -0.1) is 0 Å². The zero-order valence-electron chi connectivity index (χ0n) is 18.3. The maximum Gasteiger partial charge on any atom is 0.246 e. The number of hydrogen-bond donors (Lipinski definition) is 2. The molecular weight excluding hydrogens is 486 g/mol. The van der Waals surface area contributed by atoms with Crippen LogP contribution in [-0.4, -0.2) is 52.5 Å². The highest BCUT2D eigenvalue weighted by atomic mass is 79.9. The van der Waals surface area contributed by atoms with E-state index in [1.165, 1.54) is 6.42 Å². The summed E-state index contributed by atoms with van der Waals surface area (Å²) in [6, 6.07) is 6.84. The van der Waals surface area contributed by atoms with Crippen LogP contribution in [0.25, 0.3) is 0 Å². The summed E-state index contributed by atoms with van der Waals surface area (Å²) < 4.78 is 7.29. The van der Waals surface area contributed by atoms with Crippen LogP contribution in [0.15, 0.2) is 40.9 Å². The number of likely N-dealkylation sites (tertiary alicyclic amines) is 1. The van der Waals surface area contributed by atoms with Gasteiger partial charge in [-0.05, 0) is 49.9 Å². The third-order valence-electron chi connectivity index (χ3n) is 7.87. The Morgan fingerprint density at radius 2 is 1.76 bits per heavy atom. The molecule has 7 nitrogen and oxygen atoms in total. The molecule has 3 aliphatic heterocycles. The minimum Gasteiger partial charge on any atom is -0.359 e. The number of nitrogens with one attached hydrogen (secondary N) is 2. The van der Waals surface area contributed by atoms with E-state index in [1.807, 2.05) is 36.4 Å². The molecular formula is C25H28BrN3O4. The fourth-order valence-corrected chi connectivity index (χ4v) is 6.50. The highest BCUT2D eigenvalue weighted by molar-refractivity contribution is 9.10. The smallest absolute Gasteiger partial charge is 0.246 e. The summed E-state index contributed by atoms with van der Waals surface area (Å²) in [6.45, 7) is 0. The first-order valence-electron chi connectivity index (χ1n) is 12.0. The van der Waals surface area contributed by atoms with Gasteiger partial charge in [0.25, 0.3) is 0 Å². The lowest BCUT2D eigenvalue weighted by Gasteiger charge is -2.34. The van der Waals surface area contributed by atoms with E-state index in [0.29, 0.717) is 5.69 Å². The fourth-order valence-electron chi connectivity index (χ4n) is 6.24. The number of rotatable bonds is 5. The van der Waals surface area contributed by atoms with Crippen molar-refractivity contribution in [3.05, 3.63) is 40.9 Å². The first kappa shape index (κ1) is 21.4. The molecule has 6 rings (SSSR count). The Morgan fingerprint density at radius 1 is 1.03 bits per heavy atom. The molecule has 33 heavy (non-hydrogen) atoms. The molecule has 1 aromatic carbocycles. The second-order valence-corrected chi connectivity index (χ2v) is 10.9. The van der Waals surface area contributed by atoms with Crippen LogP contribution < -0.4 is 10.6 Å². The molecule has 0 unspecified atom stereocenters. The second kappa shape index (κ2) is 7.94. The van der Waals surface area contributed by atoms with Crippen LogP contribution in [0.2, 0.25) is 0 Å². The van der Waals surface area contributed by atoms with Crippen molar-refractivity contribution in [1.29, 1.82) is 0 Å². The summed E-state index contributed by atoms with van der Waals surface area (Å²) >= 11 is 3.40. The third kappa shape index (κ3) is 3.44. The van der Waals surface area contributed by atoms with Crippen LogP contribution in [0.4, 0.5) is 5.69 Å². The number of carbonyl (C=O) groups excluding carboxylic acids is 3. The van der Waals surface area contributed by atoms with Crippen LogP contribution in [0.1, 0.15) is 44.9 Å².